The number of aliphatic hydroxyl groups excluding tert-OH is 1. The highest BCUT2D eigenvalue weighted by atomic mass is 16.3. The highest BCUT2D eigenvalue weighted by molar-refractivity contribution is 4.57. The Balaban J connectivity index is 3.12. The van der Waals surface area contributed by atoms with Crippen molar-refractivity contribution in [2.24, 2.45) is 5.18 Å². The van der Waals surface area contributed by atoms with E-state index in [1.807, 2.05) is 0 Å². The standard InChI is InChI=1S/C18H37NO2/c1-2-3-4-5-6-9-12-15-18(20)16-13-10-7-8-11-14-17-19-21/h18,20H,2-17H2,1H3. The summed E-state index contributed by atoms with van der Waals surface area (Å²) < 4.78 is 0. The third-order valence-corrected chi connectivity index (χ3v) is 4.18. The smallest absolute Gasteiger partial charge is 0.0811 e. The number of hydrogen-bond donors (Lipinski definition) is 1. The molecule has 0 amide bonds. The number of hydrogen-bond acceptors (Lipinski definition) is 3. The van der Waals surface area contributed by atoms with E-state index in [9.17, 15) is 10.0 Å². The van der Waals surface area contributed by atoms with E-state index in [1.54, 1.807) is 0 Å². The van der Waals surface area contributed by atoms with Crippen molar-refractivity contribution in [3.8, 4) is 0 Å². The summed E-state index contributed by atoms with van der Waals surface area (Å²) in [5.41, 5.74) is 0. The third kappa shape index (κ3) is 17.5. The molecular formula is C18H37NO2. The van der Waals surface area contributed by atoms with Crippen molar-refractivity contribution in [3.63, 3.8) is 0 Å². The van der Waals surface area contributed by atoms with E-state index >= 15 is 0 Å². The molecule has 0 aliphatic heterocycles. The van der Waals surface area contributed by atoms with E-state index in [4.69, 9.17) is 0 Å². The lowest BCUT2D eigenvalue weighted by Gasteiger charge is -2.10. The van der Waals surface area contributed by atoms with Gasteiger partial charge in [-0.3, -0.25) is 0 Å². The highest BCUT2D eigenvalue weighted by Crippen LogP contribution is 2.14. The molecule has 21 heavy (non-hydrogen) atoms. The first-order valence-corrected chi connectivity index (χ1v) is 9.28. The first-order chi connectivity index (χ1) is 10.3. The average Bonchev–Trinajstić information content (AvgIpc) is 2.49. The minimum Gasteiger partial charge on any atom is -0.393 e. The van der Waals surface area contributed by atoms with Crippen LogP contribution in [0.3, 0.4) is 0 Å². The first-order valence-electron chi connectivity index (χ1n) is 9.28. The fourth-order valence-corrected chi connectivity index (χ4v) is 2.74. The van der Waals surface area contributed by atoms with Crippen LogP contribution >= 0.6 is 0 Å². The lowest BCUT2D eigenvalue weighted by Crippen LogP contribution is -2.05. The zero-order valence-electron chi connectivity index (χ0n) is 14.2. The van der Waals surface area contributed by atoms with E-state index < -0.39 is 0 Å². The summed E-state index contributed by atoms with van der Waals surface area (Å²) in [5, 5.41) is 12.8. The lowest BCUT2D eigenvalue weighted by atomic mass is 10.0. The molecule has 0 saturated heterocycles. The van der Waals surface area contributed by atoms with Gasteiger partial charge in [0.25, 0.3) is 0 Å². The molecule has 1 atom stereocenters. The Bertz CT molecular complexity index is 209. The van der Waals surface area contributed by atoms with Gasteiger partial charge in [0.05, 0.1) is 12.6 Å². The zero-order valence-corrected chi connectivity index (χ0v) is 14.2. The largest absolute Gasteiger partial charge is 0.393 e. The molecule has 3 nitrogen and oxygen atoms in total. The molecule has 0 aromatic rings. The van der Waals surface area contributed by atoms with Crippen LogP contribution in [-0.2, 0) is 0 Å². The molecule has 0 spiro atoms. The Morgan fingerprint density at radius 2 is 1.14 bits per heavy atom. The first kappa shape index (κ1) is 20.6. The Hall–Kier alpha value is -0.440. The number of rotatable bonds is 17. The molecule has 0 rings (SSSR count). The fourth-order valence-electron chi connectivity index (χ4n) is 2.74. The van der Waals surface area contributed by atoms with Crippen LogP contribution in [-0.4, -0.2) is 17.8 Å². The van der Waals surface area contributed by atoms with Crippen LogP contribution in [0.4, 0.5) is 0 Å². The van der Waals surface area contributed by atoms with Crippen LogP contribution in [0.5, 0.6) is 0 Å². The molecule has 3 heteroatoms. The van der Waals surface area contributed by atoms with Gasteiger partial charge in [0.2, 0.25) is 0 Å². The SMILES string of the molecule is CCCCCCCCCC(O)CCCCCCCCN=O. The summed E-state index contributed by atoms with van der Waals surface area (Å²) in [7, 11) is 0. The molecule has 0 aromatic heterocycles. The van der Waals surface area contributed by atoms with Crippen molar-refractivity contribution < 1.29 is 5.11 Å². The molecule has 0 heterocycles. The fraction of sp³-hybridized carbons (Fsp3) is 1.00. The molecule has 0 bridgehead atoms. The van der Waals surface area contributed by atoms with Crippen LogP contribution in [0.1, 0.15) is 103 Å². The van der Waals surface area contributed by atoms with Crippen molar-refractivity contribution in [1.29, 1.82) is 0 Å². The predicted molar refractivity (Wildman–Crippen MR) is 91.6 cm³/mol. The summed E-state index contributed by atoms with van der Waals surface area (Å²) in [5.74, 6) is 0. The second kappa shape index (κ2) is 17.6. The van der Waals surface area contributed by atoms with Crippen LogP contribution in [0.2, 0.25) is 0 Å². The summed E-state index contributed by atoms with van der Waals surface area (Å²) in [4.78, 5) is 9.91. The summed E-state index contributed by atoms with van der Waals surface area (Å²) in [6, 6.07) is 0. The van der Waals surface area contributed by atoms with Gasteiger partial charge in [-0.2, -0.15) is 4.91 Å². The Labute approximate surface area is 131 Å². The topological polar surface area (TPSA) is 49.7 Å². The van der Waals surface area contributed by atoms with Crippen molar-refractivity contribution in [3.05, 3.63) is 4.91 Å². The minimum atomic E-state index is -0.0834. The monoisotopic (exact) mass is 299 g/mol. The minimum absolute atomic E-state index is 0.0834. The average molecular weight is 299 g/mol. The predicted octanol–water partition coefficient (Wildman–Crippen LogP) is 5.99. The van der Waals surface area contributed by atoms with Gasteiger partial charge in [-0.1, -0.05) is 89.2 Å². The lowest BCUT2D eigenvalue weighted by molar-refractivity contribution is 0.147. The van der Waals surface area contributed by atoms with Crippen molar-refractivity contribution in [2.75, 3.05) is 6.54 Å². The Kier molecular flexibility index (Phi) is 17.2. The molecule has 1 N–H and O–H groups in total. The van der Waals surface area contributed by atoms with Gasteiger partial charge in [0.1, 0.15) is 0 Å². The third-order valence-electron chi connectivity index (χ3n) is 4.18. The normalized spacial score (nSPS) is 12.5. The van der Waals surface area contributed by atoms with Gasteiger partial charge < -0.3 is 5.11 Å². The molecule has 0 fully saturated rings. The maximum Gasteiger partial charge on any atom is 0.0811 e. The Morgan fingerprint density at radius 1 is 0.714 bits per heavy atom. The van der Waals surface area contributed by atoms with Crippen molar-refractivity contribution in [2.45, 2.75) is 109 Å². The van der Waals surface area contributed by atoms with Crippen LogP contribution < -0.4 is 0 Å². The molecule has 0 aromatic carbocycles. The van der Waals surface area contributed by atoms with E-state index in [0.29, 0.717) is 6.54 Å². The van der Waals surface area contributed by atoms with Gasteiger partial charge in [0.15, 0.2) is 0 Å². The van der Waals surface area contributed by atoms with Gasteiger partial charge in [-0.05, 0) is 19.3 Å². The molecule has 126 valence electrons. The van der Waals surface area contributed by atoms with Crippen LogP contribution in [0, 0.1) is 4.91 Å². The molecule has 0 aliphatic carbocycles. The highest BCUT2D eigenvalue weighted by Gasteiger charge is 2.03. The van der Waals surface area contributed by atoms with Gasteiger partial charge in [0, 0.05) is 0 Å². The summed E-state index contributed by atoms with van der Waals surface area (Å²) in [6.07, 6.45) is 17.9. The number of aliphatic hydroxyl groups is 1. The van der Waals surface area contributed by atoms with Crippen molar-refractivity contribution >= 4 is 0 Å². The van der Waals surface area contributed by atoms with E-state index in [2.05, 4.69) is 12.1 Å². The van der Waals surface area contributed by atoms with E-state index in [1.165, 1.54) is 64.2 Å². The van der Waals surface area contributed by atoms with Crippen LogP contribution in [0.25, 0.3) is 0 Å². The Morgan fingerprint density at radius 3 is 1.62 bits per heavy atom. The number of nitroso groups, excluding NO2 is 1. The molecule has 0 saturated carbocycles. The molecule has 1 unspecified atom stereocenters. The number of unbranched alkanes of at least 4 members (excludes halogenated alkanes) is 11. The quantitative estimate of drug-likeness (QED) is 0.265. The van der Waals surface area contributed by atoms with E-state index in [0.717, 1.165) is 32.1 Å². The second-order valence-corrected chi connectivity index (χ2v) is 6.33. The van der Waals surface area contributed by atoms with E-state index in [-0.39, 0.29) is 6.10 Å². The zero-order chi connectivity index (χ0) is 15.6. The van der Waals surface area contributed by atoms with Gasteiger partial charge in [-0.15, -0.1) is 0 Å². The second-order valence-electron chi connectivity index (χ2n) is 6.33. The molecular weight excluding hydrogens is 262 g/mol. The maximum atomic E-state index is 9.92. The van der Waals surface area contributed by atoms with Gasteiger partial charge in [-0.25, -0.2) is 0 Å². The molecule has 0 radical (unpaired) electrons. The maximum absolute atomic E-state index is 9.92. The summed E-state index contributed by atoms with van der Waals surface area (Å²) >= 11 is 0. The van der Waals surface area contributed by atoms with Crippen LogP contribution in [0.15, 0.2) is 5.18 Å². The number of nitrogens with zero attached hydrogens (tertiary/aromatic N) is 1. The van der Waals surface area contributed by atoms with Gasteiger partial charge >= 0.3 is 0 Å². The van der Waals surface area contributed by atoms with Crippen molar-refractivity contribution in [1.82, 2.24) is 0 Å². The molecule has 0 aliphatic rings. The summed E-state index contributed by atoms with van der Waals surface area (Å²) in [6.45, 7) is 2.72.